The summed E-state index contributed by atoms with van der Waals surface area (Å²) < 4.78 is 1.71. The van der Waals surface area contributed by atoms with E-state index in [0.717, 1.165) is 29.4 Å². The minimum atomic E-state index is -0.117. The predicted octanol–water partition coefficient (Wildman–Crippen LogP) is 4.09. The van der Waals surface area contributed by atoms with E-state index in [-0.39, 0.29) is 11.9 Å². The molecule has 1 aromatic heterocycles. The van der Waals surface area contributed by atoms with Crippen molar-refractivity contribution in [1.29, 1.82) is 0 Å². The van der Waals surface area contributed by atoms with E-state index in [2.05, 4.69) is 21.4 Å². The summed E-state index contributed by atoms with van der Waals surface area (Å²) in [7, 11) is 0. The zero-order valence-electron chi connectivity index (χ0n) is 15.6. The number of benzene rings is 2. The fraction of sp³-hybridized carbons (Fsp3) is 0.273. The van der Waals surface area contributed by atoms with Gasteiger partial charge in [0.15, 0.2) is 0 Å². The van der Waals surface area contributed by atoms with Gasteiger partial charge in [-0.3, -0.25) is 9.69 Å². The lowest BCUT2D eigenvalue weighted by atomic mass is 10.1. The summed E-state index contributed by atoms with van der Waals surface area (Å²) in [6.45, 7) is 2.62. The molecular formula is C22H23ClN4O. The van der Waals surface area contributed by atoms with Crippen molar-refractivity contribution in [2.75, 3.05) is 19.6 Å². The van der Waals surface area contributed by atoms with Gasteiger partial charge >= 0.3 is 0 Å². The molecule has 1 unspecified atom stereocenters. The van der Waals surface area contributed by atoms with E-state index in [1.165, 1.54) is 12.8 Å². The van der Waals surface area contributed by atoms with Crippen LogP contribution in [0.5, 0.6) is 0 Å². The lowest BCUT2D eigenvalue weighted by Gasteiger charge is -2.28. The van der Waals surface area contributed by atoms with Crippen molar-refractivity contribution >= 4 is 17.5 Å². The van der Waals surface area contributed by atoms with Gasteiger partial charge in [0.25, 0.3) is 5.91 Å². The van der Waals surface area contributed by atoms with Crippen LogP contribution in [-0.4, -0.2) is 40.2 Å². The van der Waals surface area contributed by atoms with Crippen LogP contribution in [0.1, 0.15) is 34.8 Å². The first-order chi connectivity index (χ1) is 13.7. The first kappa shape index (κ1) is 18.7. The summed E-state index contributed by atoms with van der Waals surface area (Å²) >= 11 is 6.20. The van der Waals surface area contributed by atoms with Crippen LogP contribution in [0.25, 0.3) is 5.69 Å². The smallest absolute Gasteiger partial charge is 0.254 e. The topological polar surface area (TPSA) is 50.2 Å². The second kappa shape index (κ2) is 8.59. The summed E-state index contributed by atoms with van der Waals surface area (Å²) in [5, 5.41) is 8.11. The van der Waals surface area contributed by atoms with Gasteiger partial charge in [0.05, 0.1) is 23.5 Å². The molecule has 0 aliphatic carbocycles. The van der Waals surface area contributed by atoms with Crippen LogP contribution in [0.4, 0.5) is 0 Å². The molecule has 0 bridgehead atoms. The van der Waals surface area contributed by atoms with Crippen molar-refractivity contribution in [2.24, 2.45) is 0 Å². The molecule has 4 rings (SSSR count). The fourth-order valence-electron chi connectivity index (χ4n) is 3.68. The number of halogens is 1. The molecule has 1 amide bonds. The number of hydrogen-bond acceptors (Lipinski definition) is 3. The van der Waals surface area contributed by atoms with Gasteiger partial charge in [0.1, 0.15) is 0 Å². The van der Waals surface area contributed by atoms with Crippen molar-refractivity contribution in [2.45, 2.75) is 18.9 Å². The van der Waals surface area contributed by atoms with Crippen LogP contribution in [-0.2, 0) is 0 Å². The van der Waals surface area contributed by atoms with Crippen LogP contribution in [0.2, 0.25) is 5.02 Å². The minimum Gasteiger partial charge on any atom is -0.350 e. The number of carbonyl (C=O) groups is 1. The Labute approximate surface area is 169 Å². The minimum absolute atomic E-state index is 0.117. The number of rotatable bonds is 6. The molecule has 144 valence electrons. The van der Waals surface area contributed by atoms with Gasteiger partial charge in [-0.05, 0) is 55.8 Å². The van der Waals surface area contributed by atoms with Crippen molar-refractivity contribution in [3.63, 3.8) is 0 Å². The zero-order valence-corrected chi connectivity index (χ0v) is 16.3. The van der Waals surface area contributed by atoms with E-state index < -0.39 is 0 Å². The largest absolute Gasteiger partial charge is 0.350 e. The Morgan fingerprint density at radius 3 is 2.64 bits per heavy atom. The van der Waals surface area contributed by atoms with Gasteiger partial charge in [-0.15, -0.1) is 0 Å². The molecule has 0 spiro atoms. The number of para-hydroxylation sites is 1. The monoisotopic (exact) mass is 394 g/mol. The number of nitrogens with zero attached hydrogens (tertiary/aromatic N) is 3. The molecule has 1 aliphatic heterocycles. The Morgan fingerprint density at radius 1 is 1.11 bits per heavy atom. The number of amides is 1. The third kappa shape index (κ3) is 4.26. The SMILES string of the molecule is O=C(NCC(c1cccc(Cl)c1)N1CCCC1)c1cnn(-c2ccccc2)c1. The maximum atomic E-state index is 12.7. The predicted molar refractivity (Wildman–Crippen MR) is 111 cm³/mol. The molecule has 3 aromatic rings. The first-order valence-corrected chi connectivity index (χ1v) is 9.96. The van der Waals surface area contributed by atoms with Crippen LogP contribution in [0.15, 0.2) is 67.0 Å². The summed E-state index contributed by atoms with van der Waals surface area (Å²) in [4.78, 5) is 15.1. The van der Waals surface area contributed by atoms with Crippen molar-refractivity contribution < 1.29 is 4.79 Å². The van der Waals surface area contributed by atoms with Crippen LogP contribution >= 0.6 is 11.6 Å². The number of hydrogen-bond donors (Lipinski definition) is 1. The Balaban J connectivity index is 1.46. The first-order valence-electron chi connectivity index (χ1n) is 9.58. The molecule has 28 heavy (non-hydrogen) atoms. The molecule has 1 atom stereocenters. The van der Waals surface area contributed by atoms with E-state index in [9.17, 15) is 4.79 Å². The number of nitrogens with one attached hydrogen (secondary N) is 1. The Kier molecular flexibility index (Phi) is 5.74. The Hall–Kier alpha value is -2.63. The molecule has 6 heteroatoms. The molecule has 0 radical (unpaired) electrons. The van der Waals surface area contributed by atoms with Gasteiger partial charge in [-0.1, -0.05) is 41.9 Å². The Morgan fingerprint density at radius 2 is 1.89 bits per heavy atom. The molecule has 1 saturated heterocycles. The highest BCUT2D eigenvalue weighted by molar-refractivity contribution is 6.30. The van der Waals surface area contributed by atoms with Crippen LogP contribution in [0.3, 0.4) is 0 Å². The summed E-state index contributed by atoms with van der Waals surface area (Å²) in [5.41, 5.74) is 2.61. The van der Waals surface area contributed by atoms with E-state index >= 15 is 0 Å². The van der Waals surface area contributed by atoms with Crippen molar-refractivity contribution in [3.05, 3.63) is 83.1 Å². The third-order valence-electron chi connectivity index (χ3n) is 5.14. The zero-order chi connectivity index (χ0) is 19.3. The summed E-state index contributed by atoms with van der Waals surface area (Å²) in [6.07, 6.45) is 5.74. The third-order valence-corrected chi connectivity index (χ3v) is 5.37. The molecule has 0 saturated carbocycles. The van der Waals surface area contributed by atoms with Crippen LogP contribution < -0.4 is 5.32 Å². The normalized spacial score (nSPS) is 15.5. The second-order valence-corrected chi connectivity index (χ2v) is 7.47. The van der Waals surface area contributed by atoms with Crippen molar-refractivity contribution in [1.82, 2.24) is 20.0 Å². The maximum Gasteiger partial charge on any atom is 0.254 e. The molecule has 1 N–H and O–H groups in total. The van der Waals surface area contributed by atoms with Gasteiger partial charge in [-0.25, -0.2) is 4.68 Å². The number of likely N-dealkylation sites (tertiary alicyclic amines) is 1. The van der Waals surface area contributed by atoms with Crippen LogP contribution in [0, 0.1) is 0 Å². The summed E-state index contributed by atoms with van der Waals surface area (Å²) in [5.74, 6) is -0.117. The molecule has 1 aliphatic rings. The Bertz CT molecular complexity index is 934. The lowest BCUT2D eigenvalue weighted by molar-refractivity contribution is 0.0938. The fourth-order valence-corrected chi connectivity index (χ4v) is 3.88. The highest BCUT2D eigenvalue weighted by Crippen LogP contribution is 2.26. The quantitative estimate of drug-likeness (QED) is 0.685. The van der Waals surface area contributed by atoms with E-state index in [1.807, 2.05) is 48.5 Å². The average molecular weight is 395 g/mol. The molecule has 5 nitrogen and oxygen atoms in total. The van der Waals surface area contributed by atoms with Gasteiger partial charge in [0, 0.05) is 17.8 Å². The van der Waals surface area contributed by atoms with Gasteiger partial charge in [0.2, 0.25) is 0 Å². The number of carbonyl (C=O) groups excluding carboxylic acids is 1. The molecule has 2 heterocycles. The maximum absolute atomic E-state index is 12.7. The summed E-state index contributed by atoms with van der Waals surface area (Å²) in [6, 6.07) is 17.8. The highest BCUT2D eigenvalue weighted by atomic mass is 35.5. The molecular weight excluding hydrogens is 372 g/mol. The van der Waals surface area contributed by atoms with E-state index in [1.54, 1.807) is 17.1 Å². The molecule has 1 fully saturated rings. The highest BCUT2D eigenvalue weighted by Gasteiger charge is 2.24. The molecule has 2 aromatic carbocycles. The van der Waals surface area contributed by atoms with Crippen molar-refractivity contribution in [3.8, 4) is 5.69 Å². The standard InChI is InChI=1S/C22H23ClN4O/c23-19-8-6-7-17(13-19)21(26-11-4-5-12-26)15-24-22(28)18-14-25-27(16-18)20-9-2-1-3-10-20/h1-3,6-10,13-14,16,21H,4-5,11-12,15H2,(H,24,28). The van der Waals surface area contributed by atoms with E-state index in [4.69, 9.17) is 11.6 Å². The number of aromatic nitrogens is 2. The van der Waals surface area contributed by atoms with E-state index in [0.29, 0.717) is 12.1 Å². The average Bonchev–Trinajstić information content (AvgIpc) is 3.41. The lowest BCUT2D eigenvalue weighted by Crippen LogP contribution is -2.36. The van der Waals surface area contributed by atoms with Gasteiger partial charge in [-0.2, -0.15) is 5.10 Å². The second-order valence-electron chi connectivity index (χ2n) is 7.03. The van der Waals surface area contributed by atoms with Gasteiger partial charge < -0.3 is 5.32 Å².